The molecule has 0 aliphatic rings. The average molecular weight is 480 g/mol. The number of anilines is 1. The zero-order valence-electron chi connectivity index (χ0n) is 18.1. The molecule has 4 aromatic rings. The topological polar surface area (TPSA) is 78.8 Å². The first-order valence-corrected chi connectivity index (χ1v) is 12.4. The highest BCUT2D eigenvalue weighted by atomic mass is 35.5. The number of nitrogens with one attached hydrogen (secondary N) is 1. The van der Waals surface area contributed by atoms with Gasteiger partial charge < -0.3 is 0 Å². The van der Waals surface area contributed by atoms with Crippen molar-refractivity contribution >= 4 is 61.0 Å². The van der Waals surface area contributed by atoms with E-state index in [9.17, 15) is 13.2 Å². The van der Waals surface area contributed by atoms with Crippen molar-refractivity contribution in [2.45, 2.75) is 6.92 Å². The summed E-state index contributed by atoms with van der Waals surface area (Å²) in [6.45, 7) is 1.33. The SMILES string of the molecule is Cc1ccc(Cl)cc1N(CC(=O)NN=Cc1c2ccccc2cc2ccccc12)S(C)(=O)=O. The number of halogens is 1. The van der Waals surface area contributed by atoms with Crippen LogP contribution in [0.1, 0.15) is 11.1 Å². The van der Waals surface area contributed by atoms with Crippen molar-refractivity contribution in [1.29, 1.82) is 0 Å². The molecular weight excluding hydrogens is 458 g/mol. The van der Waals surface area contributed by atoms with Crippen molar-refractivity contribution in [3.05, 3.63) is 88.9 Å². The number of amides is 1. The smallest absolute Gasteiger partial charge is 0.260 e. The van der Waals surface area contributed by atoms with Crippen LogP contribution in [0.25, 0.3) is 21.5 Å². The van der Waals surface area contributed by atoms with Crippen LogP contribution in [-0.4, -0.2) is 33.3 Å². The van der Waals surface area contributed by atoms with Gasteiger partial charge in [-0.05, 0) is 52.2 Å². The van der Waals surface area contributed by atoms with Gasteiger partial charge in [-0.15, -0.1) is 0 Å². The lowest BCUT2D eigenvalue weighted by Crippen LogP contribution is -2.39. The number of sulfonamides is 1. The average Bonchev–Trinajstić information content (AvgIpc) is 2.78. The zero-order chi connectivity index (χ0) is 23.6. The molecule has 0 saturated carbocycles. The van der Waals surface area contributed by atoms with Gasteiger partial charge in [0.25, 0.3) is 5.91 Å². The Hall–Kier alpha value is -3.42. The van der Waals surface area contributed by atoms with Crippen LogP contribution in [0.15, 0.2) is 77.9 Å². The summed E-state index contributed by atoms with van der Waals surface area (Å²) in [5, 5.41) is 8.64. The Morgan fingerprint density at radius 3 is 2.21 bits per heavy atom. The van der Waals surface area contributed by atoms with E-state index in [1.807, 2.05) is 48.5 Å². The van der Waals surface area contributed by atoms with Crippen LogP contribution in [0.3, 0.4) is 0 Å². The Balaban J connectivity index is 1.61. The van der Waals surface area contributed by atoms with Crippen molar-refractivity contribution in [3.63, 3.8) is 0 Å². The Morgan fingerprint density at radius 2 is 1.61 bits per heavy atom. The zero-order valence-corrected chi connectivity index (χ0v) is 19.7. The second-order valence-corrected chi connectivity index (χ2v) is 10.1. The highest BCUT2D eigenvalue weighted by Crippen LogP contribution is 2.28. The largest absolute Gasteiger partial charge is 0.271 e. The molecule has 4 aromatic carbocycles. The Bertz CT molecular complexity index is 1450. The third kappa shape index (κ3) is 4.99. The second kappa shape index (κ2) is 9.21. The summed E-state index contributed by atoms with van der Waals surface area (Å²) < 4.78 is 25.8. The molecule has 0 saturated heterocycles. The standard InChI is InChI=1S/C25H22ClN3O3S/c1-17-11-12-20(26)14-24(17)29(33(2,31)32)16-25(30)28-27-15-23-21-9-5-3-7-18(21)13-19-8-4-6-10-22(19)23/h3-15H,16H2,1-2H3,(H,28,30). The van der Waals surface area contributed by atoms with E-state index in [1.54, 1.807) is 25.3 Å². The van der Waals surface area contributed by atoms with E-state index in [0.717, 1.165) is 37.7 Å². The molecule has 0 aliphatic carbocycles. The van der Waals surface area contributed by atoms with Gasteiger partial charge in [0.1, 0.15) is 6.54 Å². The Labute approximate surface area is 197 Å². The number of fused-ring (bicyclic) bond motifs is 2. The van der Waals surface area contributed by atoms with E-state index >= 15 is 0 Å². The minimum atomic E-state index is -3.73. The predicted octanol–water partition coefficient (Wildman–Crippen LogP) is 4.87. The maximum absolute atomic E-state index is 12.6. The minimum Gasteiger partial charge on any atom is -0.271 e. The lowest BCUT2D eigenvalue weighted by atomic mass is 9.97. The molecule has 0 spiro atoms. The maximum Gasteiger partial charge on any atom is 0.260 e. The summed E-state index contributed by atoms with van der Waals surface area (Å²) in [4.78, 5) is 12.6. The van der Waals surface area contributed by atoms with Crippen LogP contribution >= 0.6 is 11.6 Å². The molecule has 0 atom stereocenters. The molecule has 0 aliphatic heterocycles. The van der Waals surface area contributed by atoms with E-state index < -0.39 is 22.5 Å². The van der Waals surface area contributed by atoms with Crippen LogP contribution in [0.4, 0.5) is 5.69 Å². The van der Waals surface area contributed by atoms with Gasteiger partial charge in [0, 0.05) is 10.6 Å². The Morgan fingerprint density at radius 1 is 1.00 bits per heavy atom. The van der Waals surface area contributed by atoms with Crippen LogP contribution in [0, 0.1) is 6.92 Å². The monoisotopic (exact) mass is 479 g/mol. The van der Waals surface area contributed by atoms with Gasteiger partial charge in [-0.1, -0.05) is 66.2 Å². The van der Waals surface area contributed by atoms with E-state index in [4.69, 9.17) is 11.6 Å². The van der Waals surface area contributed by atoms with E-state index in [0.29, 0.717) is 16.3 Å². The molecule has 8 heteroatoms. The summed E-state index contributed by atoms with van der Waals surface area (Å²) in [6, 6.07) is 22.9. The van der Waals surface area contributed by atoms with Gasteiger partial charge in [-0.2, -0.15) is 5.10 Å². The number of rotatable bonds is 6. The van der Waals surface area contributed by atoms with Gasteiger partial charge in [-0.25, -0.2) is 13.8 Å². The van der Waals surface area contributed by atoms with Gasteiger partial charge >= 0.3 is 0 Å². The molecule has 0 heterocycles. The summed E-state index contributed by atoms with van der Waals surface area (Å²) in [6.07, 6.45) is 2.64. The maximum atomic E-state index is 12.6. The lowest BCUT2D eigenvalue weighted by molar-refractivity contribution is -0.119. The Kier molecular flexibility index (Phi) is 6.35. The third-order valence-electron chi connectivity index (χ3n) is 5.32. The summed E-state index contributed by atoms with van der Waals surface area (Å²) >= 11 is 6.05. The quantitative estimate of drug-likeness (QED) is 0.243. The van der Waals surface area contributed by atoms with Crippen molar-refractivity contribution in [1.82, 2.24) is 5.43 Å². The third-order valence-corrected chi connectivity index (χ3v) is 6.68. The molecular formula is C25H22ClN3O3S. The van der Waals surface area contributed by atoms with Gasteiger partial charge in [0.15, 0.2) is 0 Å². The molecule has 0 unspecified atom stereocenters. The first kappa shape index (κ1) is 22.8. The predicted molar refractivity (Wildman–Crippen MR) is 136 cm³/mol. The fourth-order valence-electron chi connectivity index (χ4n) is 3.75. The molecule has 1 amide bonds. The van der Waals surface area contributed by atoms with Crippen LogP contribution in [0.2, 0.25) is 5.02 Å². The molecule has 0 radical (unpaired) electrons. The molecule has 4 rings (SSSR count). The number of carbonyl (C=O) groups is 1. The van der Waals surface area contributed by atoms with Gasteiger partial charge in [0.2, 0.25) is 10.0 Å². The van der Waals surface area contributed by atoms with Crippen molar-refractivity contribution in [2.75, 3.05) is 17.1 Å². The summed E-state index contributed by atoms with van der Waals surface area (Å²) in [5.41, 5.74) is 4.36. The fourth-order valence-corrected chi connectivity index (χ4v) is 4.83. The first-order valence-electron chi connectivity index (χ1n) is 10.2. The molecule has 0 bridgehead atoms. The van der Waals surface area contributed by atoms with Crippen LogP contribution in [0.5, 0.6) is 0 Å². The van der Waals surface area contributed by atoms with Crippen molar-refractivity contribution < 1.29 is 13.2 Å². The molecule has 0 fully saturated rings. The van der Waals surface area contributed by atoms with Crippen LogP contribution < -0.4 is 9.73 Å². The number of benzene rings is 4. The molecule has 0 aromatic heterocycles. The number of hydrogen-bond donors (Lipinski definition) is 1. The molecule has 33 heavy (non-hydrogen) atoms. The van der Waals surface area contributed by atoms with Gasteiger partial charge in [-0.3, -0.25) is 9.10 Å². The number of hydrogen-bond acceptors (Lipinski definition) is 4. The van der Waals surface area contributed by atoms with E-state index in [1.165, 1.54) is 6.07 Å². The van der Waals surface area contributed by atoms with Gasteiger partial charge in [0.05, 0.1) is 18.2 Å². The molecule has 6 nitrogen and oxygen atoms in total. The number of nitrogens with zero attached hydrogens (tertiary/aromatic N) is 2. The van der Waals surface area contributed by atoms with Crippen molar-refractivity contribution in [3.8, 4) is 0 Å². The highest BCUT2D eigenvalue weighted by molar-refractivity contribution is 7.92. The first-order chi connectivity index (χ1) is 15.7. The minimum absolute atomic E-state index is 0.351. The summed E-state index contributed by atoms with van der Waals surface area (Å²) in [5.74, 6) is -0.569. The molecule has 168 valence electrons. The van der Waals surface area contributed by atoms with Crippen LogP contribution in [-0.2, 0) is 14.8 Å². The van der Waals surface area contributed by atoms with E-state index in [-0.39, 0.29) is 0 Å². The summed E-state index contributed by atoms with van der Waals surface area (Å²) in [7, 11) is -3.73. The highest BCUT2D eigenvalue weighted by Gasteiger charge is 2.22. The number of aryl methyl sites for hydroxylation is 1. The normalized spacial score (nSPS) is 11.8. The number of hydrazone groups is 1. The van der Waals surface area contributed by atoms with Crippen molar-refractivity contribution in [2.24, 2.45) is 5.10 Å². The molecule has 1 N–H and O–H groups in total. The second-order valence-electron chi connectivity index (χ2n) is 7.73. The van der Waals surface area contributed by atoms with E-state index in [2.05, 4.69) is 16.6 Å². The fraction of sp³-hybridized carbons (Fsp3) is 0.120. The lowest BCUT2D eigenvalue weighted by Gasteiger charge is -2.23. The number of carbonyl (C=O) groups excluding carboxylic acids is 1.